The van der Waals surface area contributed by atoms with Gasteiger partial charge in [-0.2, -0.15) is 0 Å². The van der Waals surface area contributed by atoms with Crippen LogP contribution in [0, 0.1) is 0 Å². The summed E-state index contributed by atoms with van der Waals surface area (Å²) in [5.74, 6) is 1.69. The molecule has 0 saturated carbocycles. The van der Waals surface area contributed by atoms with Crippen molar-refractivity contribution >= 4 is 97.4 Å². The Labute approximate surface area is 682 Å². The van der Waals surface area contributed by atoms with E-state index in [1.54, 1.807) is 0 Å². The van der Waals surface area contributed by atoms with Crippen LogP contribution in [0.1, 0.15) is 103 Å². The van der Waals surface area contributed by atoms with E-state index in [4.69, 9.17) is 4.74 Å². The summed E-state index contributed by atoms with van der Waals surface area (Å²) >= 11 is 0. The van der Waals surface area contributed by atoms with Gasteiger partial charge in [-0.15, -0.1) is 0 Å². The first-order valence-electron chi connectivity index (χ1n) is 41.3. The van der Waals surface area contributed by atoms with Crippen molar-refractivity contribution in [3.05, 3.63) is 379 Å². The van der Waals surface area contributed by atoms with Gasteiger partial charge in [0, 0.05) is 79.0 Å². The van der Waals surface area contributed by atoms with Gasteiger partial charge in [0.15, 0.2) is 0 Å². The molecule has 0 saturated heterocycles. The number of para-hydroxylation sites is 3. The van der Waals surface area contributed by atoms with Crippen molar-refractivity contribution in [2.24, 2.45) is 0 Å². The van der Waals surface area contributed by atoms with Gasteiger partial charge in [0.25, 0.3) is 13.4 Å². The van der Waals surface area contributed by atoms with Gasteiger partial charge in [-0.05, 0) is 217 Å². The SMILES string of the molecule is CC(C)(C)c1cc(-c2ccccc2)c(N2c3ccccc3B3c4cc5c(cc4Oc4cc(-c6cccc7c6C(C)(C)c6ccccc6-7)cc2c43)N(c2ccccc2)c2cc(-c3cccc4c3C(C)(C)c3ccccc3-4)cc3c2B5c2ccccc2N3c2c(-c3ccccc3)cc(C(C)(C)C)cc2-c2ccccc2)c(-c2ccccc2)c1. The molecule has 0 fully saturated rings. The number of hydrogen-bond acceptors (Lipinski definition) is 4. The Bertz CT molecular complexity index is 6650. The lowest BCUT2D eigenvalue weighted by molar-refractivity contribution is 0.488. The molecule has 22 rings (SSSR count). The first-order chi connectivity index (χ1) is 56.4. The third kappa shape index (κ3) is 10.4. The molecule has 4 nitrogen and oxygen atoms in total. The second kappa shape index (κ2) is 25.7. The van der Waals surface area contributed by atoms with E-state index >= 15 is 0 Å². The van der Waals surface area contributed by atoms with Crippen molar-refractivity contribution in [2.75, 3.05) is 14.7 Å². The molecule has 6 aliphatic rings. The third-order valence-corrected chi connectivity index (χ3v) is 26.3. The van der Waals surface area contributed by atoms with Gasteiger partial charge in [-0.25, -0.2) is 0 Å². The first kappa shape index (κ1) is 69.6. The quantitative estimate of drug-likeness (QED) is 0.134. The summed E-state index contributed by atoms with van der Waals surface area (Å²) < 4.78 is 8.18. The summed E-state index contributed by atoms with van der Waals surface area (Å²) in [5, 5.41) is 0. The van der Waals surface area contributed by atoms with Crippen LogP contribution in [0.4, 0.5) is 51.2 Å². The molecule has 0 N–H and O–H groups in total. The predicted octanol–water partition coefficient (Wildman–Crippen LogP) is 25.4. The van der Waals surface area contributed by atoms with E-state index in [2.05, 4.69) is 430 Å². The van der Waals surface area contributed by atoms with Crippen molar-refractivity contribution in [3.8, 4) is 101 Å². The summed E-state index contributed by atoms with van der Waals surface area (Å²) in [5.41, 5.74) is 43.3. The summed E-state index contributed by atoms with van der Waals surface area (Å²) in [4.78, 5) is 7.94. The topological polar surface area (TPSA) is 19.0 Å². The molecule has 0 radical (unpaired) electrons. The maximum Gasteiger partial charge on any atom is 0.256 e. The zero-order valence-corrected chi connectivity index (χ0v) is 67.3. The molecular weight excluding hydrogens is 1400 g/mol. The largest absolute Gasteiger partial charge is 0.458 e. The highest BCUT2D eigenvalue weighted by molar-refractivity contribution is 7.02. The first-order valence-corrected chi connectivity index (χ1v) is 41.3. The summed E-state index contributed by atoms with van der Waals surface area (Å²) in [6.07, 6.45) is 0. The second-order valence-electron chi connectivity index (χ2n) is 35.8. The average molecular weight is 1490 g/mol. The lowest BCUT2D eigenvalue weighted by atomic mass is 9.30. The molecule has 0 spiro atoms. The van der Waals surface area contributed by atoms with Crippen LogP contribution in [-0.4, -0.2) is 13.4 Å². The second-order valence-corrected chi connectivity index (χ2v) is 35.8. The third-order valence-electron chi connectivity index (χ3n) is 26.3. The smallest absolute Gasteiger partial charge is 0.256 e. The van der Waals surface area contributed by atoms with Crippen molar-refractivity contribution in [1.29, 1.82) is 0 Å². The highest BCUT2D eigenvalue weighted by atomic mass is 16.5. The number of ether oxygens (including phenoxy) is 1. The normalized spacial score (nSPS) is 14.4. The lowest BCUT2D eigenvalue weighted by Gasteiger charge is -2.46. The number of rotatable bonds is 9. The van der Waals surface area contributed by atoms with Crippen LogP contribution in [0.2, 0.25) is 0 Å². The molecule has 0 aromatic heterocycles. The summed E-state index contributed by atoms with van der Waals surface area (Å²) in [7, 11) is 0. The Morgan fingerprint density at radius 2 is 0.603 bits per heavy atom. The Hall–Kier alpha value is -13.2. The fourth-order valence-electron chi connectivity index (χ4n) is 20.9. The molecule has 16 aromatic carbocycles. The molecule has 6 heteroatoms. The van der Waals surface area contributed by atoms with Crippen LogP contribution in [0.5, 0.6) is 11.5 Å². The number of nitrogens with zero attached hydrogens (tertiary/aromatic N) is 3. The molecule has 0 amide bonds. The highest BCUT2D eigenvalue weighted by Crippen LogP contribution is 2.59. The van der Waals surface area contributed by atoms with Crippen LogP contribution in [0.25, 0.3) is 89.0 Å². The molecular formula is C110H87B2N3O. The highest BCUT2D eigenvalue weighted by Gasteiger charge is 2.50. The maximum atomic E-state index is 8.18. The number of benzene rings is 16. The molecule has 16 aromatic rings. The minimum atomic E-state index is -0.311. The van der Waals surface area contributed by atoms with E-state index in [-0.39, 0.29) is 35.1 Å². The van der Waals surface area contributed by atoms with Crippen molar-refractivity contribution in [3.63, 3.8) is 0 Å². The van der Waals surface area contributed by atoms with Crippen LogP contribution in [-0.2, 0) is 21.7 Å². The van der Waals surface area contributed by atoms with E-state index in [1.165, 1.54) is 111 Å². The van der Waals surface area contributed by atoms with Crippen molar-refractivity contribution in [1.82, 2.24) is 0 Å². The fraction of sp³-hybridized carbons (Fsp3) is 0.127. The Morgan fingerprint density at radius 3 is 1.04 bits per heavy atom. The monoisotopic (exact) mass is 1490 g/mol. The summed E-state index contributed by atoms with van der Waals surface area (Å²) in [6, 6.07) is 132. The molecule has 0 atom stereocenters. The van der Waals surface area contributed by atoms with Crippen LogP contribution < -0.4 is 52.2 Å². The molecule has 554 valence electrons. The molecule has 0 unspecified atom stereocenters. The lowest BCUT2D eigenvalue weighted by Crippen LogP contribution is -2.64. The van der Waals surface area contributed by atoms with Crippen molar-refractivity contribution < 1.29 is 4.74 Å². The van der Waals surface area contributed by atoms with Gasteiger partial charge in [0.2, 0.25) is 0 Å². The van der Waals surface area contributed by atoms with Crippen molar-refractivity contribution in [2.45, 2.75) is 90.9 Å². The van der Waals surface area contributed by atoms with Gasteiger partial charge in [0.05, 0.1) is 11.4 Å². The average Bonchev–Trinajstić information content (AvgIpc) is 0.925. The standard InChI is InChI=1S/C110H87B2N3O/c1-107(2,3)74-62-83(68-36-16-11-17-37-68)105(84(63-74)69-38-18-12-19-39-69)114-93-56-32-30-54-89(93)111-91-66-92-99(67-95(91)113(76-44-24-15-25-45-76)96-58-72(59-97(114)103(96)111)77-48-34-50-81-79-46-26-28-52-87(79)109(7,8)101(77)81)116-100-61-73(78-49-35-51-82-80-47-27-29-53-88(80)110(9,10)102(78)82)60-98-104(100)112(92)90-55-31-33-57-94(90)115(98)106-85(70-40-20-13-21-41-70)64-75(108(4,5)6)65-86(106)71-42-22-14-23-43-71/h11-67H,1-10H3. The number of fused-ring (bicyclic) bond motifs is 14. The number of anilines is 9. The van der Waals surface area contributed by atoms with Gasteiger partial charge in [0.1, 0.15) is 11.5 Å². The zero-order valence-electron chi connectivity index (χ0n) is 67.3. The van der Waals surface area contributed by atoms with E-state index in [9.17, 15) is 0 Å². The molecule has 2 aliphatic carbocycles. The van der Waals surface area contributed by atoms with Gasteiger partial charge < -0.3 is 19.4 Å². The minimum absolute atomic E-state index is 0.179. The Morgan fingerprint density at radius 1 is 0.250 bits per heavy atom. The van der Waals surface area contributed by atoms with E-state index in [0.29, 0.717) is 0 Å². The molecule has 4 aliphatic heterocycles. The molecule has 4 heterocycles. The molecule has 0 bridgehead atoms. The fourth-order valence-corrected chi connectivity index (χ4v) is 20.9. The predicted molar refractivity (Wildman–Crippen MR) is 491 cm³/mol. The minimum Gasteiger partial charge on any atom is -0.458 e. The van der Waals surface area contributed by atoms with E-state index < -0.39 is 0 Å². The Balaban J connectivity index is 0.847. The van der Waals surface area contributed by atoms with Crippen LogP contribution in [0.3, 0.4) is 0 Å². The zero-order chi connectivity index (χ0) is 78.4. The van der Waals surface area contributed by atoms with E-state index in [0.717, 1.165) is 107 Å². The number of hydrogen-bond donors (Lipinski definition) is 0. The van der Waals surface area contributed by atoms with Gasteiger partial charge in [-0.3, -0.25) is 0 Å². The maximum absolute atomic E-state index is 8.18. The summed E-state index contributed by atoms with van der Waals surface area (Å²) in [6.45, 7) is 23.3. The van der Waals surface area contributed by atoms with Crippen LogP contribution >= 0.6 is 0 Å². The van der Waals surface area contributed by atoms with Gasteiger partial charge in [-0.1, -0.05) is 336 Å². The molecule has 116 heavy (non-hydrogen) atoms. The van der Waals surface area contributed by atoms with E-state index in [1.807, 2.05) is 0 Å². The van der Waals surface area contributed by atoms with Crippen LogP contribution in [0.15, 0.2) is 346 Å². The van der Waals surface area contributed by atoms with Gasteiger partial charge >= 0.3 is 0 Å². The Kier molecular flexibility index (Phi) is 15.4.